The Morgan fingerprint density at radius 2 is 2.29 bits per heavy atom. The Kier molecular flexibility index (Phi) is 7.77. The van der Waals surface area contributed by atoms with Crippen LogP contribution in [0.4, 0.5) is 9.80 Å². The SMILES string of the molecule is CCn1nccc1CNC(=O)OCC1CCc2c(sc(NC(=O)C=Cc3ccsc3)c2C#N)C1. The first-order valence-electron chi connectivity index (χ1n) is 11.0. The largest absolute Gasteiger partial charge is 0.449 e. The van der Waals surface area contributed by atoms with Crippen LogP contribution in [0.1, 0.15) is 40.6 Å². The molecule has 34 heavy (non-hydrogen) atoms. The highest BCUT2D eigenvalue weighted by Crippen LogP contribution is 2.39. The van der Waals surface area contributed by atoms with E-state index in [0.717, 1.165) is 41.1 Å². The second kappa shape index (κ2) is 11.1. The summed E-state index contributed by atoms with van der Waals surface area (Å²) in [7, 11) is 0. The van der Waals surface area contributed by atoms with Gasteiger partial charge in [0.15, 0.2) is 0 Å². The minimum Gasteiger partial charge on any atom is -0.449 e. The predicted molar refractivity (Wildman–Crippen MR) is 133 cm³/mol. The lowest BCUT2D eigenvalue weighted by atomic mass is 9.88. The van der Waals surface area contributed by atoms with Gasteiger partial charge in [0.05, 0.1) is 24.4 Å². The summed E-state index contributed by atoms with van der Waals surface area (Å²) in [5.74, 6) is -0.0890. The number of carbonyl (C=O) groups excluding carboxylic acids is 2. The Bertz CT molecular complexity index is 1220. The van der Waals surface area contributed by atoms with E-state index >= 15 is 0 Å². The van der Waals surface area contributed by atoms with Crippen molar-refractivity contribution >= 4 is 45.8 Å². The second-order valence-corrected chi connectivity index (χ2v) is 9.78. The molecule has 3 aromatic heterocycles. The van der Waals surface area contributed by atoms with E-state index in [4.69, 9.17) is 4.74 Å². The minimum absolute atomic E-state index is 0.173. The third kappa shape index (κ3) is 5.73. The molecule has 1 atom stereocenters. The first-order chi connectivity index (χ1) is 16.6. The Morgan fingerprint density at radius 3 is 3.06 bits per heavy atom. The molecule has 2 amide bonds. The molecular formula is C24H25N5O3S2. The maximum absolute atomic E-state index is 12.4. The molecule has 0 aromatic carbocycles. The van der Waals surface area contributed by atoms with Crippen LogP contribution in [-0.4, -0.2) is 28.4 Å². The number of aryl methyl sites for hydroxylation is 1. The van der Waals surface area contributed by atoms with Crippen molar-refractivity contribution in [1.29, 1.82) is 5.26 Å². The molecule has 1 aliphatic rings. The molecule has 8 nitrogen and oxygen atoms in total. The molecule has 0 aliphatic heterocycles. The van der Waals surface area contributed by atoms with Gasteiger partial charge in [-0.1, -0.05) is 0 Å². The van der Waals surface area contributed by atoms with Crippen LogP contribution in [0.3, 0.4) is 0 Å². The Hall–Kier alpha value is -3.42. The fourth-order valence-corrected chi connectivity index (χ4v) is 5.84. The number of carbonyl (C=O) groups is 2. The maximum Gasteiger partial charge on any atom is 0.407 e. The van der Waals surface area contributed by atoms with Crippen LogP contribution >= 0.6 is 22.7 Å². The smallest absolute Gasteiger partial charge is 0.407 e. The predicted octanol–water partition coefficient (Wildman–Crippen LogP) is 4.58. The van der Waals surface area contributed by atoms with Crippen molar-refractivity contribution in [2.45, 2.75) is 39.3 Å². The van der Waals surface area contributed by atoms with Crippen molar-refractivity contribution in [1.82, 2.24) is 15.1 Å². The quantitative estimate of drug-likeness (QED) is 0.445. The number of nitrogens with one attached hydrogen (secondary N) is 2. The number of thiophene rings is 2. The van der Waals surface area contributed by atoms with E-state index in [1.807, 2.05) is 34.5 Å². The molecule has 0 bridgehead atoms. The molecule has 0 saturated heterocycles. The molecule has 176 valence electrons. The van der Waals surface area contributed by atoms with E-state index in [1.54, 1.807) is 23.6 Å². The van der Waals surface area contributed by atoms with Gasteiger partial charge in [-0.2, -0.15) is 21.7 Å². The highest BCUT2D eigenvalue weighted by molar-refractivity contribution is 7.16. The average molecular weight is 496 g/mol. The van der Waals surface area contributed by atoms with Crippen LogP contribution in [0.15, 0.2) is 35.2 Å². The number of nitriles is 1. The molecule has 4 rings (SSSR count). The fourth-order valence-electron chi connectivity index (χ4n) is 3.90. The summed E-state index contributed by atoms with van der Waals surface area (Å²) >= 11 is 3.00. The molecule has 0 saturated carbocycles. The Balaban J connectivity index is 1.30. The summed E-state index contributed by atoms with van der Waals surface area (Å²) in [4.78, 5) is 25.6. The highest BCUT2D eigenvalue weighted by atomic mass is 32.1. The van der Waals surface area contributed by atoms with Gasteiger partial charge in [-0.25, -0.2) is 4.79 Å². The van der Waals surface area contributed by atoms with Crippen molar-refractivity contribution in [3.05, 3.63) is 62.4 Å². The summed E-state index contributed by atoms with van der Waals surface area (Å²) in [5.41, 5.74) is 3.43. The Labute approximate surface area is 205 Å². The molecule has 2 N–H and O–H groups in total. The van der Waals surface area contributed by atoms with E-state index in [-0.39, 0.29) is 11.8 Å². The van der Waals surface area contributed by atoms with Gasteiger partial charge in [0, 0.05) is 23.7 Å². The van der Waals surface area contributed by atoms with Gasteiger partial charge in [0.25, 0.3) is 0 Å². The number of alkyl carbamates (subject to hydrolysis) is 1. The van der Waals surface area contributed by atoms with E-state index < -0.39 is 6.09 Å². The molecule has 3 aromatic rings. The van der Waals surface area contributed by atoms with Crippen LogP contribution in [0.5, 0.6) is 0 Å². The number of amides is 2. The summed E-state index contributed by atoms with van der Waals surface area (Å²) in [5, 5.41) is 24.0. The second-order valence-electron chi connectivity index (χ2n) is 7.90. The maximum atomic E-state index is 12.4. The number of rotatable bonds is 8. The molecule has 10 heteroatoms. The van der Waals surface area contributed by atoms with Crippen LogP contribution in [0.2, 0.25) is 0 Å². The number of fused-ring (bicyclic) bond motifs is 1. The van der Waals surface area contributed by atoms with E-state index in [1.165, 1.54) is 17.4 Å². The minimum atomic E-state index is -0.455. The van der Waals surface area contributed by atoms with Gasteiger partial charge in [-0.15, -0.1) is 11.3 Å². The number of nitrogens with zero attached hydrogens (tertiary/aromatic N) is 3. The first kappa shape index (κ1) is 23.7. The summed E-state index contributed by atoms with van der Waals surface area (Å²) in [6.45, 7) is 3.40. The lowest BCUT2D eigenvalue weighted by molar-refractivity contribution is -0.111. The van der Waals surface area contributed by atoms with Crippen LogP contribution in [0, 0.1) is 17.2 Å². The average Bonchev–Trinajstić information content (AvgIpc) is 3.59. The van der Waals surface area contributed by atoms with Gasteiger partial charge in [0.1, 0.15) is 11.1 Å². The molecule has 1 unspecified atom stereocenters. The summed E-state index contributed by atoms with van der Waals surface area (Å²) in [6.07, 6.45) is 6.73. The number of anilines is 1. The van der Waals surface area contributed by atoms with Crippen molar-refractivity contribution in [3.63, 3.8) is 0 Å². The zero-order valence-electron chi connectivity index (χ0n) is 18.7. The topological polar surface area (TPSA) is 109 Å². The van der Waals surface area contributed by atoms with E-state index in [0.29, 0.717) is 30.1 Å². The van der Waals surface area contributed by atoms with Crippen molar-refractivity contribution in [2.75, 3.05) is 11.9 Å². The monoisotopic (exact) mass is 495 g/mol. The van der Waals surface area contributed by atoms with Gasteiger partial charge in [-0.3, -0.25) is 9.48 Å². The fraction of sp³-hybridized carbons (Fsp3) is 0.333. The van der Waals surface area contributed by atoms with Crippen LogP contribution in [-0.2, 0) is 35.5 Å². The number of hydrogen-bond acceptors (Lipinski definition) is 7. The number of hydrogen-bond donors (Lipinski definition) is 2. The molecule has 0 radical (unpaired) electrons. The van der Waals surface area contributed by atoms with E-state index in [9.17, 15) is 14.9 Å². The van der Waals surface area contributed by atoms with Crippen molar-refractivity contribution in [3.8, 4) is 6.07 Å². The molecule has 1 aliphatic carbocycles. The molecule has 0 spiro atoms. The third-order valence-electron chi connectivity index (χ3n) is 5.65. The van der Waals surface area contributed by atoms with Gasteiger partial charge in [-0.05, 0) is 72.2 Å². The van der Waals surface area contributed by atoms with Crippen molar-refractivity contribution < 1.29 is 14.3 Å². The number of ether oxygens (including phenoxy) is 1. The molecule has 0 fully saturated rings. The highest BCUT2D eigenvalue weighted by Gasteiger charge is 2.27. The van der Waals surface area contributed by atoms with Crippen molar-refractivity contribution in [2.24, 2.45) is 5.92 Å². The standard InChI is InChI=1S/C24H25N5O3S2/c1-2-29-18(7-9-27-29)13-26-24(31)32-14-17-3-5-19-20(12-25)23(34-21(19)11-17)28-22(30)6-4-16-8-10-33-15-16/h4,6-10,15,17H,2-3,5,11,13-14H2,1H3,(H,26,31)(H,28,30). The summed E-state index contributed by atoms with van der Waals surface area (Å²) < 4.78 is 7.27. The van der Waals surface area contributed by atoms with Crippen LogP contribution in [0.25, 0.3) is 6.08 Å². The van der Waals surface area contributed by atoms with E-state index in [2.05, 4.69) is 21.8 Å². The van der Waals surface area contributed by atoms with Gasteiger partial charge < -0.3 is 15.4 Å². The van der Waals surface area contributed by atoms with Gasteiger partial charge in [0.2, 0.25) is 5.91 Å². The number of aromatic nitrogens is 2. The van der Waals surface area contributed by atoms with Gasteiger partial charge >= 0.3 is 6.09 Å². The summed E-state index contributed by atoms with van der Waals surface area (Å²) in [6, 6.07) is 6.05. The van der Waals surface area contributed by atoms with Crippen LogP contribution < -0.4 is 10.6 Å². The molecule has 3 heterocycles. The lowest BCUT2D eigenvalue weighted by Crippen LogP contribution is -2.28. The molecular weight excluding hydrogens is 470 g/mol. The normalized spacial score (nSPS) is 15.0. The zero-order valence-corrected chi connectivity index (χ0v) is 20.4. The first-order valence-corrected chi connectivity index (χ1v) is 12.8. The lowest BCUT2D eigenvalue weighted by Gasteiger charge is -2.21. The Morgan fingerprint density at radius 1 is 1.41 bits per heavy atom. The zero-order chi connectivity index (χ0) is 23.9. The third-order valence-corrected chi connectivity index (χ3v) is 7.53.